The summed E-state index contributed by atoms with van der Waals surface area (Å²) in [7, 11) is 3.11. The monoisotopic (exact) mass is 303 g/mol. The molecule has 22 heavy (non-hydrogen) atoms. The molecule has 1 amide bonds. The lowest BCUT2D eigenvalue weighted by atomic mass is 9.98. The summed E-state index contributed by atoms with van der Waals surface area (Å²) >= 11 is 0. The normalized spacial score (nSPS) is 14.6. The minimum absolute atomic E-state index is 0.0477. The van der Waals surface area contributed by atoms with Crippen LogP contribution in [0.4, 0.5) is 0 Å². The summed E-state index contributed by atoms with van der Waals surface area (Å²) in [6.07, 6.45) is 0. The van der Waals surface area contributed by atoms with Crippen molar-refractivity contribution in [1.29, 1.82) is 0 Å². The smallest absolute Gasteiger partial charge is 0.254 e. The Kier molecular flexibility index (Phi) is 3.70. The van der Waals surface area contributed by atoms with Crippen LogP contribution in [-0.2, 0) is 0 Å². The van der Waals surface area contributed by atoms with Gasteiger partial charge >= 0.3 is 0 Å². The van der Waals surface area contributed by atoms with Crippen LogP contribution in [0, 0.1) is 6.92 Å². The van der Waals surface area contributed by atoms with Gasteiger partial charge in [0.2, 0.25) is 5.89 Å². The Morgan fingerprint density at radius 2 is 2.00 bits per heavy atom. The third-order valence-electron chi connectivity index (χ3n) is 3.69. The van der Waals surface area contributed by atoms with Crippen molar-refractivity contribution >= 4 is 5.91 Å². The van der Waals surface area contributed by atoms with E-state index in [1.54, 1.807) is 44.2 Å². The highest BCUT2D eigenvalue weighted by Crippen LogP contribution is 2.31. The molecule has 0 unspecified atom stereocenters. The fourth-order valence-electron chi connectivity index (χ4n) is 2.43. The van der Waals surface area contributed by atoms with Crippen molar-refractivity contribution in [2.24, 2.45) is 0 Å². The predicted octanol–water partition coefficient (Wildman–Crippen LogP) is 1.63. The van der Waals surface area contributed by atoms with Gasteiger partial charge in [-0.3, -0.25) is 4.79 Å². The van der Waals surface area contributed by atoms with E-state index in [0.717, 1.165) is 0 Å². The predicted molar refractivity (Wildman–Crippen MR) is 77.2 cm³/mol. The molecule has 1 aliphatic rings. The number of carbonyl (C=O) groups is 1. The van der Waals surface area contributed by atoms with Gasteiger partial charge in [-0.1, -0.05) is 5.16 Å². The highest BCUT2D eigenvalue weighted by Gasteiger charge is 2.36. The van der Waals surface area contributed by atoms with Gasteiger partial charge < -0.3 is 18.9 Å². The van der Waals surface area contributed by atoms with Crippen LogP contribution >= 0.6 is 0 Å². The second-order valence-corrected chi connectivity index (χ2v) is 5.16. The Morgan fingerprint density at radius 1 is 1.27 bits per heavy atom. The Morgan fingerprint density at radius 3 is 2.59 bits per heavy atom. The van der Waals surface area contributed by atoms with Gasteiger partial charge in [-0.15, -0.1) is 0 Å². The van der Waals surface area contributed by atoms with E-state index in [2.05, 4.69) is 10.1 Å². The number of carbonyl (C=O) groups excluding carboxylic acids is 1. The number of ether oxygens (including phenoxy) is 2. The first-order valence-corrected chi connectivity index (χ1v) is 6.94. The van der Waals surface area contributed by atoms with E-state index >= 15 is 0 Å². The molecular formula is C15H17N3O4. The Balaban J connectivity index is 1.68. The SMILES string of the molecule is COc1ccc(C(=O)N2CC(c3nc(C)no3)C2)cc1OC. The molecule has 1 saturated heterocycles. The fourth-order valence-corrected chi connectivity index (χ4v) is 2.43. The first-order chi connectivity index (χ1) is 10.6. The highest BCUT2D eigenvalue weighted by molar-refractivity contribution is 5.95. The Labute approximate surface area is 127 Å². The van der Waals surface area contributed by atoms with Crippen molar-refractivity contribution in [2.75, 3.05) is 27.3 Å². The van der Waals surface area contributed by atoms with E-state index < -0.39 is 0 Å². The van der Waals surface area contributed by atoms with Crippen molar-refractivity contribution in [2.45, 2.75) is 12.8 Å². The van der Waals surface area contributed by atoms with Gasteiger partial charge in [-0.05, 0) is 25.1 Å². The van der Waals surface area contributed by atoms with E-state index in [-0.39, 0.29) is 11.8 Å². The first-order valence-electron chi connectivity index (χ1n) is 6.94. The lowest BCUT2D eigenvalue weighted by Gasteiger charge is -2.37. The molecule has 1 aromatic heterocycles. The number of amides is 1. The van der Waals surface area contributed by atoms with Gasteiger partial charge in [-0.2, -0.15) is 4.98 Å². The molecular weight excluding hydrogens is 286 g/mol. The van der Waals surface area contributed by atoms with Crippen molar-refractivity contribution in [3.63, 3.8) is 0 Å². The number of hydrogen-bond acceptors (Lipinski definition) is 6. The second kappa shape index (κ2) is 5.67. The summed E-state index contributed by atoms with van der Waals surface area (Å²) in [5.74, 6) is 2.41. The summed E-state index contributed by atoms with van der Waals surface area (Å²) in [6, 6.07) is 5.14. The molecule has 0 saturated carbocycles. The molecule has 1 aromatic carbocycles. The third-order valence-corrected chi connectivity index (χ3v) is 3.69. The number of benzene rings is 1. The number of methoxy groups -OCH3 is 2. The van der Waals surface area contributed by atoms with Gasteiger partial charge in [0.25, 0.3) is 5.91 Å². The number of hydrogen-bond donors (Lipinski definition) is 0. The molecule has 0 atom stereocenters. The zero-order chi connectivity index (χ0) is 15.7. The van der Waals surface area contributed by atoms with Crippen molar-refractivity contribution in [1.82, 2.24) is 15.0 Å². The number of nitrogens with zero attached hydrogens (tertiary/aromatic N) is 3. The molecule has 116 valence electrons. The topological polar surface area (TPSA) is 77.7 Å². The number of aryl methyl sites for hydroxylation is 1. The molecule has 0 N–H and O–H groups in total. The van der Waals surface area contributed by atoms with Crippen LogP contribution in [0.15, 0.2) is 22.7 Å². The van der Waals surface area contributed by atoms with E-state index in [0.29, 0.717) is 41.9 Å². The Hall–Kier alpha value is -2.57. The van der Waals surface area contributed by atoms with E-state index in [1.807, 2.05) is 0 Å². The largest absolute Gasteiger partial charge is 0.493 e. The van der Waals surface area contributed by atoms with Crippen molar-refractivity contribution < 1.29 is 18.8 Å². The lowest BCUT2D eigenvalue weighted by Crippen LogP contribution is -2.48. The summed E-state index contributed by atoms with van der Waals surface area (Å²) in [5, 5.41) is 3.77. The van der Waals surface area contributed by atoms with Gasteiger partial charge in [0.05, 0.1) is 20.1 Å². The van der Waals surface area contributed by atoms with Crippen LogP contribution in [0.3, 0.4) is 0 Å². The van der Waals surface area contributed by atoms with Gasteiger partial charge in [0.15, 0.2) is 17.3 Å². The molecule has 1 fully saturated rings. The van der Waals surface area contributed by atoms with Crippen molar-refractivity contribution in [3.05, 3.63) is 35.5 Å². The lowest BCUT2D eigenvalue weighted by molar-refractivity contribution is 0.0569. The number of likely N-dealkylation sites (tertiary alicyclic amines) is 1. The molecule has 2 aromatic rings. The van der Waals surface area contributed by atoms with Crippen LogP contribution in [0.2, 0.25) is 0 Å². The minimum Gasteiger partial charge on any atom is -0.493 e. The molecule has 0 spiro atoms. The average molecular weight is 303 g/mol. The molecule has 3 rings (SSSR count). The van der Waals surface area contributed by atoms with E-state index in [9.17, 15) is 4.79 Å². The van der Waals surface area contributed by atoms with E-state index in [1.165, 1.54) is 0 Å². The molecule has 0 aliphatic carbocycles. The quantitative estimate of drug-likeness (QED) is 0.854. The van der Waals surface area contributed by atoms with E-state index in [4.69, 9.17) is 14.0 Å². The van der Waals surface area contributed by atoms with Gasteiger partial charge in [0, 0.05) is 18.7 Å². The third kappa shape index (κ3) is 2.49. The number of rotatable bonds is 4. The zero-order valence-corrected chi connectivity index (χ0v) is 12.7. The molecule has 7 nitrogen and oxygen atoms in total. The average Bonchev–Trinajstić information content (AvgIpc) is 2.91. The fraction of sp³-hybridized carbons (Fsp3) is 0.400. The molecule has 1 aliphatic heterocycles. The zero-order valence-electron chi connectivity index (χ0n) is 12.7. The molecule has 0 bridgehead atoms. The second-order valence-electron chi connectivity index (χ2n) is 5.16. The van der Waals surface area contributed by atoms with Crippen LogP contribution < -0.4 is 9.47 Å². The summed E-state index contributed by atoms with van der Waals surface area (Å²) in [4.78, 5) is 18.4. The standard InChI is InChI=1S/C15H17N3O4/c1-9-16-14(22-17-9)11-7-18(8-11)15(19)10-4-5-12(20-2)13(6-10)21-3/h4-6,11H,7-8H2,1-3H3. The summed E-state index contributed by atoms with van der Waals surface area (Å²) in [6.45, 7) is 2.93. The highest BCUT2D eigenvalue weighted by atomic mass is 16.5. The van der Waals surface area contributed by atoms with Gasteiger partial charge in [-0.25, -0.2) is 0 Å². The van der Waals surface area contributed by atoms with Crippen LogP contribution in [0.25, 0.3) is 0 Å². The molecule has 2 heterocycles. The maximum absolute atomic E-state index is 12.4. The first kappa shape index (κ1) is 14.4. The van der Waals surface area contributed by atoms with Crippen LogP contribution in [0.5, 0.6) is 11.5 Å². The molecule has 0 radical (unpaired) electrons. The van der Waals surface area contributed by atoms with Crippen molar-refractivity contribution in [3.8, 4) is 11.5 Å². The summed E-state index contributed by atoms with van der Waals surface area (Å²) in [5.41, 5.74) is 0.567. The molecule has 7 heteroatoms. The van der Waals surface area contributed by atoms with Crippen LogP contribution in [0.1, 0.15) is 28.0 Å². The maximum atomic E-state index is 12.4. The Bertz CT molecular complexity index is 692. The minimum atomic E-state index is -0.0477. The summed E-state index contributed by atoms with van der Waals surface area (Å²) < 4.78 is 15.5. The maximum Gasteiger partial charge on any atom is 0.254 e. The van der Waals surface area contributed by atoms with Gasteiger partial charge in [0.1, 0.15) is 0 Å². The van der Waals surface area contributed by atoms with Crippen LogP contribution in [-0.4, -0.2) is 48.3 Å². The number of aromatic nitrogens is 2.